The van der Waals surface area contributed by atoms with E-state index >= 15 is 0 Å². The van der Waals surface area contributed by atoms with Crippen LogP contribution in [0.5, 0.6) is 11.6 Å². The number of benzene rings is 1. The summed E-state index contributed by atoms with van der Waals surface area (Å²) in [6.45, 7) is 1.33. The fourth-order valence-electron chi connectivity index (χ4n) is 1.96. The molecule has 0 amide bonds. The van der Waals surface area contributed by atoms with Crippen LogP contribution in [0.1, 0.15) is 5.56 Å². The molecule has 0 atom stereocenters. The van der Waals surface area contributed by atoms with E-state index in [1.54, 1.807) is 37.1 Å². The summed E-state index contributed by atoms with van der Waals surface area (Å²) in [4.78, 5) is 8.41. The van der Waals surface area contributed by atoms with E-state index in [9.17, 15) is 4.39 Å². The van der Waals surface area contributed by atoms with Crippen molar-refractivity contribution >= 4 is 17.7 Å². The summed E-state index contributed by atoms with van der Waals surface area (Å²) in [6, 6.07) is 9.73. The molecule has 7 heteroatoms. The Kier molecular flexibility index (Phi) is 7.35. The molecule has 0 aliphatic rings. The quantitative estimate of drug-likeness (QED) is 0.458. The van der Waals surface area contributed by atoms with Crippen LogP contribution in [-0.4, -0.2) is 36.5 Å². The Hall–Kier alpha value is -2.28. The number of halogens is 1. The summed E-state index contributed by atoms with van der Waals surface area (Å²) in [5.74, 6) is 2.22. The largest absolute Gasteiger partial charge is 0.439 e. The van der Waals surface area contributed by atoms with Crippen LogP contribution in [0.4, 0.5) is 4.39 Å². The summed E-state index contributed by atoms with van der Waals surface area (Å²) >= 11 is 1.77. The third-order valence-corrected chi connectivity index (χ3v) is 3.74. The van der Waals surface area contributed by atoms with Crippen LogP contribution in [-0.2, 0) is 6.54 Å². The topological polar surface area (TPSA) is 58.5 Å². The minimum absolute atomic E-state index is 0.346. The normalized spacial score (nSPS) is 11.2. The highest BCUT2D eigenvalue weighted by Crippen LogP contribution is 2.23. The Bertz CT molecular complexity index is 681. The molecule has 0 unspecified atom stereocenters. The molecule has 0 aliphatic carbocycles. The fourth-order valence-corrected chi connectivity index (χ4v) is 2.27. The van der Waals surface area contributed by atoms with Gasteiger partial charge in [-0.25, -0.2) is 9.37 Å². The average molecular weight is 348 g/mol. The van der Waals surface area contributed by atoms with E-state index in [4.69, 9.17) is 4.74 Å². The lowest BCUT2D eigenvalue weighted by Crippen LogP contribution is -2.38. The number of pyridine rings is 1. The van der Waals surface area contributed by atoms with Crippen LogP contribution in [0.25, 0.3) is 0 Å². The van der Waals surface area contributed by atoms with Crippen molar-refractivity contribution in [1.82, 2.24) is 15.6 Å². The summed E-state index contributed by atoms with van der Waals surface area (Å²) in [6.07, 6.45) is 3.70. The smallest absolute Gasteiger partial charge is 0.224 e. The lowest BCUT2D eigenvalue weighted by atomic mass is 10.2. The number of hydrogen-bond acceptors (Lipinski definition) is 4. The van der Waals surface area contributed by atoms with Crippen molar-refractivity contribution in [2.45, 2.75) is 6.54 Å². The van der Waals surface area contributed by atoms with Gasteiger partial charge in [0.05, 0.1) is 0 Å². The fraction of sp³-hybridized carbons (Fsp3) is 0.294. The molecule has 0 radical (unpaired) electrons. The molecule has 2 aromatic rings. The maximum atomic E-state index is 13.3. The van der Waals surface area contributed by atoms with E-state index < -0.39 is 0 Å². The van der Waals surface area contributed by atoms with Crippen LogP contribution in [0.2, 0.25) is 0 Å². The average Bonchev–Trinajstić information content (AvgIpc) is 2.59. The highest BCUT2D eigenvalue weighted by Gasteiger charge is 2.07. The molecule has 1 heterocycles. The van der Waals surface area contributed by atoms with Gasteiger partial charge in [-0.1, -0.05) is 12.1 Å². The zero-order valence-corrected chi connectivity index (χ0v) is 14.6. The van der Waals surface area contributed by atoms with Crippen LogP contribution < -0.4 is 15.4 Å². The Morgan fingerprint density at radius 2 is 2.17 bits per heavy atom. The van der Waals surface area contributed by atoms with Gasteiger partial charge in [-0.3, -0.25) is 4.99 Å². The van der Waals surface area contributed by atoms with Crippen molar-refractivity contribution in [2.75, 3.05) is 25.6 Å². The number of hydrogen-bond donors (Lipinski definition) is 2. The number of ether oxygens (including phenoxy) is 1. The maximum absolute atomic E-state index is 13.3. The molecule has 1 aromatic carbocycles. The van der Waals surface area contributed by atoms with E-state index in [0.29, 0.717) is 24.1 Å². The molecule has 2 N–H and O–H groups in total. The zero-order chi connectivity index (χ0) is 17.2. The summed E-state index contributed by atoms with van der Waals surface area (Å²) in [7, 11) is 1.72. The molecule has 5 nitrogen and oxygen atoms in total. The molecule has 0 aliphatic heterocycles. The van der Waals surface area contributed by atoms with E-state index in [1.165, 1.54) is 12.1 Å². The van der Waals surface area contributed by atoms with E-state index in [2.05, 4.69) is 26.9 Å². The highest BCUT2D eigenvalue weighted by molar-refractivity contribution is 7.98. The van der Waals surface area contributed by atoms with Gasteiger partial charge in [0.15, 0.2) is 5.96 Å². The molecule has 0 saturated heterocycles. The van der Waals surface area contributed by atoms with Crippen molar-refractivity contribution in [2.24, 2.45) is 4.99 Å². The Balaban J connectivity index is 2.00. The lowest BCUT2D eigenvalue weighted by molar-refractivity contribution is 0.450. The predicted molar refractivity (Wildman–Crippen MR) is 97.3 cm³/mol. The molecular weight excluding hydrogens is 327 g/mol. The Labute approximate surface area is 145 Å². The third kappa shape index (κ3) is 5.73. The van der Waals surface area contributed by atoms with Crippen molar-refractivity contribution in [3.05, 3.63) is 54.0 Å². The standard InChI is InChI=1S/C17H21FN4OS/c1-19-17(21-9-10-24-2)22-12-13-5-4-8-20-16(13)23-15-7-3-6-14(18)11-15/h3-8,11H,9-10,12H2,1-2H3,(H2,19,21,22). The van der Waals surface area contributed by atoms with Gasteiger partial charge in [-0.05, 0) is 24.5 Å². The van der Waals surface area contributed by atoms with E-state index in [1.807, 2.05) is 12.1 Å². The predicted octanol–water partition coefficient (Wildman–Crippen LogP) is 3.04. The molecule has 0 spiro atoms. The number of aromatic nitrogens is 1. The Morgan fingerprint density at radius 1 is 1.29 bits per heavy atom. The minimum Gasteiger partial charge on any atom is -0.439 e. The molecule has 0 fully saturated rings. The Morgan fingerprint density at radius 3 is 2.92 bits per heavy atom. The van der Waals surface area contributed by atoms with Crippen molar-refractivity contribution in [3.63, 3.8) is 0 Å². The molecule has 128 valence electrons. The van der Waals surface area contributed by atoms with E-state index in [-0.39, 0.29) is 5.82 Å². The number of rotatable bonds is 7. The second-order valence-electron chi connectivity index (χ2n) is 4.87. The number of nitrogens with zero attached hydrogens (tertiary/aromatic N) is 2. The van der Waals surface area contributed by atoms with Gasteiger partial charge in [0, 0.05) is 43.7 Å². The third-order valence-electron chi connectivity index (χ3n) is 3.13. The van der Waals surface area contributed by atoms with Gasteiger partial charge >= 0.3 is 0 Å². The van der Waals surface area contributed by atoms with Crippen molar-refractivity contribution in [3.8, 4) is 11.6 Å². The maximum Gasteiger partial charge on any atom is 0.224 e. The number of guanidine groups is 1. The van der Waals surface area contributed by atoms with E-state index in [0.717, 1.165) is 17.9 Å². The van der Waals surface area contributed by atoms with Gasteiger partial charge in [-0.2, -0.15) is 11.8 Å². The summed E-state index contributed by atoms with van der Waals surface area (Å²) in [5.41, 5.74) is 0.856. The second kappa shape index (κ2) is 9.77. The summed E-state index contributed by atoms with van der Waals surface area (Å²) < 4.78 is 19.0. The van der Waals surface area contributed by atoms with Gasteiger partial charge in [-0.15, -0.1) is 0 Å². The van der Waals surface area contributed by atoms with Crippen LogP contribution in [0, 0.1) is 5.82 Å². The van der Waals surface area contributed by atoms with Gasteiger partial charge in [0.2, 0.25) is 5.88 Å². The molecule has 1 aromatic heterocycles. The zero-order valence-electron chi connectivity index (χ0n) is 13.8. The molecule has 0 saturated carbocycles. The highest BCUT2D eigenvalue weighted by atomic mass is 32.2. The number of nitrogens with one attached hydrogen (secondary N) is 2. The molecule has 0 bridgehead atoms. The molecule has 2 rings (SSSR count). The van der Waals surface area contributed by atoms with Crippen LogP contribution in [0.3, 0.4) is 0 Å². The van der Waals surface area contributed by atoms with Gasteiger partial charge in [0.25, 0.3) is 0 Å². The first-order valence-electron chi connectivity index (χ1n) is 7.53. The number of thioether (sulfide) groups is 1. The van der Waals surface area contributed by atoms with Gasteiger partial charge in [0.1, 0.15) is 11.6 Å². The van der Waals surface area contributed by atoms with Crippen LogP contribution in [0.15, 0.2) is 47.6 Å². The van der Waals surface area contributed by atoms with Crippen LogP contribution >= 0.6 is 11.8 Å². The van der Waals surface area contributed by atoms with Gasteiger partial charge < -0.3 is 15.4 Å². The van der Waals surface area contributed by atoms with Crippen molar-refractivity contribution < 1.29 is 9.13 Å². The first-order valence-corrected chi connectivity index (χ1v) is 8.93. The lowest BCUT2D eigenvalue weighted by Gasteiger charge is -2.13. The minimum atomic E-state index is -0.346. The first-order chi connectivity index (χ1) is 11.7. The SMILES string of the molecule is CN=C(NCCSC)NCc1cccnc1Oc1cccc(F)c1. The first kappa shape index (κ1) is 18.1. The number of aliphatic imine (C=N–C) groups is 1. The molecule has 24 heavy (non-hydrogen) atoms. The van der Waals surface area contributed by atoms with Crippen molar-refractivity contribution in [1.29, 1.82) is 0 Å². The monoisotopic (exact) mass is 348 g/mol. The summed E-state index contributed by atoms with van der Waals surface area (Å²) in [5, 5.41) is 6.44. The molecular formula is C17H21FN4OS. The second-order valence-corrected chi connectivity index (χ2v) is 5.86.